The Hall–Kier alpha value is -0.480. The highest BCUT2D eigenvalue weighted by Gasteiger charge is 2.27. The van der Waals surface area contributed by atoms with Crippen LogP contribution in [0.3, 0.4) is 0 Å². The standard InChI is InChI=1S/C7H13F2NO/c1-3-6(2)11-5-7(8,9)4-10/h3,6H,1,4-5,10H2,2H3. The number of ether oxygens (including phenoxy) is 1. The van der Waals surface area contributed by atoms with Gasteiger partial charge in [0.25, 0.3) is 5.92 Å². The first-order chi connectivity index (χ1) is 5.02. The van der Waals surface area contributed by atoms with Crippen LogP contribution in [0.2, 0.25) is 0 Å². The van der Waals surface area contributed by atoms with E-state index in [9.17, 15) is 8.78 Å². The van der Waals surface area contributed by atoms with Crippen LogP contribution >= 0.6 is 0 Å². The molecule has 66 valence electrons. The van der Waals surface area contributed by atoms with Gasteiger partial charge in [-0.2, -0.15) is 0 Å². The molecule has 11 heavy (non-hydrogen) atoms. The molecule has 0 saturated carbocycles. The highest BCUT2D eigenvalue weighted by molar-refractivity contribution is 4.76. The van der Waals surface area contributed by atoms with E-state index in [2.05, 4.69) is 6.58 Å². The Kier molecular flexibility index (Phi) is 4.22. The molecule has 0 spiro atoms. The average molecular weight is 165 g/mol. The van der Waals surface area contributed by atoms with Gasteiger partial charge in [0, 0.05) is 0 Å². The smallest absolute Gasteiger partial charge is 0.282 e. The molecule has 1 unspecified atom stereocenters. The maximum absolute atomic E-state index is 12.4. The summed E-state index contributed by atoms with van der Waals surface area (Å²) in [4.78, 5) is 0. The van der Waals surface area contributed by atoms with Crippen LogP contribution in [0.15, 0.2) is 12.7 Å². The van der Waals surface area contributed by atoms with Crippen LogP contribution < -0.4 is 5.73 Å². The molecule has 0 radical (unpaired) electrons. The van der Waals surface area contributed by atoms with Crippen molar-refractivity contribution in [3.05, 3.63) is 12.7 Å². The van der Waals surface area contributed by atoms with Crippen molar-refractivity contribution in [1.29, 1.82) is 0 Å². The second-order valence-electron chi connectivity index (χ2n) is 2.31. The molecule has 0 bridgehead atoms. The van der Waals surface area contributed by atoms with Crippen molar-refractivity contribution in [2.24, 2.45) is 5.73 Å². The Balaban J connectivity index is 3.60. The highest BCUT2D eigenvalue weighted by atomic mass is 19.3. The monoisotopic (exact) mass is 165 g/mol. The maximum Gasteiger partial charge on any atom is 0.282 e. The van der Waals surface area contributed by atoms with Gasteiger partial charge in [-0.3, -0.25) is 0 Å². The summed E-state index contributed by atoms with van der Waals surface area (Å²) in [6.45, 7) is 3.70. The SMILES string of the molecule is C=CC(C)OCC(F)(F)CN. The molecule has 0 fully saturated rings. The summed E-state index contributed by atoms with van der Waals surface area (Å²) in [6, 6.07) is 0. The topological polar surface area (TPSA) is 35.2 Å². The van der Waals surface area contributed by atoms with Gasteiger partial charge in [-0.25, -0.2) is 8.78 Å². The third-order valence-corrected chi connectivity index (χ3v) is 1.19. The van der Waals surface area contributed by atoms with Crippen molar-refractivity contribution in [1.82, 2.24) is 0 Å². The molecule has 1 atom stereocenters. The van der Waals surface area contributed by atoms with Crippen molar-refractivity contribution >= 4 is 0 Å². The molecule has 0 aliphatic carbocycles. The molecule has 0 aromatic rings. The van der Waals surface area contributed by atoms with Crippen LogP contribution in [0, 0.1) is 0 Å². The van der Waals surface area contributed by atoms with Gasteiger partial charge >= 0.3 is 0 Å². The molecular formula is C7H13F2NO. The lowest BCUT2D eigenvalue weighted by atomic mass is 10.3. The predicted molar refractivity (Wildman–Crippen MR) is 39.6 cm³/mol. The van der Waals surface area contributed by atoms with Gasteiger partial charge in [-0.05, 0) is 6.92 Å². The van der Waals surface area contributed by atoms with Crippen LogP contribution in [0.5, 0.6) is 0 Å². The number of hydrogen-bond acceptors (Lipinski definition) is 2. The van der Waals surface area contributed by atoms with Crippen LogP contribution in [0.4, 0.5) is 8.78 Å². The van der Waals surface area contributed by atoms with Crippen molar-refractivity contribution in [3.8, 4) is 0 Å². The van der Waals surface area contributed by atoms with E-state index in [1.54, 1.807) is 6.92 Å². The van der Waals surface area contributed by atoms with E-state index < -0.39 is 19.1 Å². The predicted octanol–water partition coefficient (Wildman–Crippen LogP) is 1.17. The van der Waals surface area contributed by atoms with E-state index in [1.165, 1.54) is 6.08 Å². The van der Waals surface area contributed by atoms with Crippen molar-refractivity contribution < 1.29 is 13.5 Å². The number of rotatable bonds is 5. The molecule has 2 N–H and O–H groups in total. The number of hydrogen-bond donors (Lipinski definition) is 1. The van der Waals surface area contributed by atoms with Crippen LogP contribution in [-0.2, 0) is 4.74 Å². The van der Waals surface area contributed by atoms with E-state index in [1.807, 2.05) is 0 Å². The van der Waals surface area contributed by atoms with E-state index in [4.69, 9.17) is 10.5 Å². The van der Waals surface area contributed by atoms with Crippen LogP contribution in [0.25, 0.3) is 0 Å². The van der Waals surface area contributed by atoms with Gasteiger partial charge in [0.2, 0.25) is 0 Å². The minimum Gasteiger partial charge on any atom is -0.368 e. The minimum atomic E-state index is -2.92. The van der Waals surface area contributed by atoms with E-state index in [0.717, 1.165) is 0 Å². The van der Waals surface area contributed by atoms with Gasteiger partial charge < -0.3 is 10.5 Å². The fourth-order valence-electron chi connectivity index (χ4n) is 0.380. The largest absolute Gasteiger partial charge is 0.368 e. The van der Waals surface area contributed by atoms with Gasteiger partial charge in [0.1, 0.15) is 6.61 Å². The van der Waals surface area contributed by atoms with Crippen LogP contribution in [-0.4, -0.2) is 25.2 Å². The number of alkyl halides is 2. The van der Waals surface area contributed by atoms with E-state index in [-0.39, 0.29) is 6.10 Å². The number of nitrogens with two attached hydrogens (primary N) is 1. The molecule has 0 aromatic heterocycles. The molecular weight excluding hydrogens is 152 g/mol. The molecule has 0 heterocycles. The maximum atomic E-state index is 12.4. The van der Waals surface area contributed by atoms with Crippen molar-refractivity contribution in [2.75, 3.05) is 13.2 Å². The fourth-order valence-corrected chi connectivity index (χ4v) is 0.380. The lowest BCUT2D eigenvalue weighted by Crippen LogP contribution is -2.34. The Morgan fingerprint density at radius 1 is 1.73 bits per heavy atom. The second-order valence-corrected chi connectivity index (χ2v) is 2.31. The van der Waals surface area contributed by atoms with E-state index >= 15 is 0 Å². The lowest BCUT2D eigenvalue weighted by molar-refractivity contribution is -0.0798. The molecule has 0 saturated heterocycles. The summed E-state index contributed by atoms with van der Waals surface area (Å²) in [7, 11) is 0. The molecule has 0 rings (SSSR count). The normalized spacial score (nSPS) is 14.5. The highest BCUT2D eigenvalue weighted by Crippen LogP contribution is 2.12. The van der Waals surface area contributed by atoms with Gasteiger partial charge in [-0.1, -0.05) is 6.08 Å². The summed E-state index contributed by atoms with van der Waals surface area (Å²) < 4.78 is 29.4. The first-order valence-corrected chi connectivity index (χ1v) is 3.34. The molecule has 0 aliphatic heterocycles. The first kappa shape index (κ1) is 10.5. The Bertz CT molecular complexity index is 128. The third-order valence-electron chi connectivity index (χ3n) is 1.19. The Morgan fingerprint density at radius 2 is 2.27 bits per heavy atom. The molecule has 0 aliphatic rings. The zero-order chi connectivity index (χ0) is 8.91. The van der Waals surface area contributed by atoms with Gasteiger partial charge in [-0.15, -0.1) is 6.58 Å². The first-order valence-electron chi connectivity index (χ1n) is 3.34. The lowest BCUT2D eigenvalue weighted by Gasteiger charge is -2.15. The Morgan fingerprint density at radius 3 is 2.64 bits per heavy atom. The molecule has 0 amide bonds. The summed E-state index contributed by atoms with van der Waals surface area (Å²) in [5.41, 5.74) is 4.78. The summed E-state index contributed by atoms with van der Waals surface area (Å²) in [5.74, 6) is -2.92. The average Bonchev–Trinajstić information content (AvgIpc) is 2.00. The molecule has 4 heteroatoms. The second kappa shape index (κ2) is 4.41. The fraction of sp³-hybridized carbons (Fsp3) is 0.714. The summed E-state index contributed by atoms with van der Waals surface area (Å²) in [5, 5.41) is 0. The molecule has 2 nitrogen and oxygen atoms in total. The Labute approximate surface area is 65.0 Å². The van der Waals surface area contributed by atoms with Gasteiger partial charge in [0.05, 0.1) is 12.6 Å². The van der Waals surface area contributed by atoms with E-state index in [0.29, 0.717) is 0 Å². The minimum absolute atomic E-state index is 0.354. The van der Waals surface area contributed by atoms with Crippen LogP contribution in [0.1, 0.15) is 6.92 Å². The zero-order valence-corrected chi connectivity index (χ0v) is 6.52. The summed E-state index contributed by atoms with van der Waals surface area (Å²) >= 11 is 0. The quantitative estimate of drug-likeness (QED) is 0.621. The zero-order valence-electron chi connectivity index (χ0n) is 6.52. The van der Waals surface area contributed by atoms with Gasteiger partial charge in [0.15, 0.2) is 0 Å². The van der Waals surface area contributed by atoms with Crippen molar-refractivity contribution in [3.63, 3.8) is 0 Å². The van der Waals surface area contributed by atoms with Crippen molar-refractivity contribution in [2.45, 2.75) is 19.0 Å². The number of halogens is 2. The summed E-state index contributed by atoms with van der Waals surface area (Å²) in [6.07, 6.45) is 1.10. The molecule has 0 aromatic carbocycles. The third kappa shape index (κ3) is 4.86.